The van der Waals surface area contributed by atoms with E-state index in [0.29, 0.717) is 5.78 Å². The summed E-state index contributed by atoms with van der Waals surface area (Å²) in [4.78, 5) is 12.0. The van der Waals surface area contributed by atoms with E-state index < -0.39 is 0 Å². The van der Waals surface area contributed by atoms with Gasteiger partial charge in [-0.05, 0) is 25.8 Å². The van der Waals surface area contributed by atoms with Gasteiger partial charge in [0, 0.05) is 18.4 Å². The number of hydrogen-bond donors (Lipinski definition) is 1. The van der Waals surface area contributed by atoms with Crippen molar-refractivity contribution in [2.75, 3.05) is 13.1 Å². The number of unbranched alkanes of at least 4 members (excludes halogenated alkanes) is 2. The predicted octanol–water partition coefficient (Wildman–Crippen LogP) is 2.53. The van der Waals surface area contributed by atoms with Crippen molar-refractivity contribution in [2.45, 2.75) is 52.4 Å². The summed E-state index contributed by atoms with van der Waals surface area (Å²) >= 11 is 0. The van der Waals surface area contributed by atoms with Crippen LogP contribution in [0.15, 0.2) is 0 Å². The molecule has 2 heteroatoms. The number of Topliss-reactive ketones (excluding diaryl/α,β-unsaturated/α-hetero) is 1. The van der Waals surface area contributed by atoms with Gasteiger partial charge in [-0.15, -0.1) is 0 Å². The maximum absolute atomic E-state index is 12.0. The van der Waals surface area contributed by atoms with Crippen LogP contribution in [0.25, 0.3) is 0 Å². The SMILES string of the molecule is CCCCCC(=O)C1(C)CCCNC1. The summed E-state index contributed by atoms with van der Waals surface area (Å²) in [5.41, 5.74) is -0.0635. The first-order chi connectivity index (χ1) is 6.69. The lowest BCUT2D eigenvalue weighted by Crippen LogP contribution is -2.43. The fourth-order valence-electron chi connectivity index (χ4n) is 2.13. The number of hydrogen-bond acceptors (Lipinski definition) is 2. The molecule has 1 aliphatic rings. The summed E-state index contributed by atoms with van der Waals surface area (Å²) in [5.74, 6) is 0.471. The molecule has 0 aliphatic carbocycles. The zero-order valence-electron chi connectivity index (χ0n) is 9.57. The number of piperidine rings is 1. The van der Waals surface area contributed by atoms with Crippen LogP contribution in [0, 0.1) is 5.41 Å². The molecule has 0 radical (unpaired) electrons. The van der Waals surface area contributed by atoms with E-state index in [1.807, 2.05) is 0 Å². The molecule has 0 aromatic rings. The molecule has 0 spiro atoms. The normalized spacial score (nSPS) is 27.6. The highest BCUT2D eigenvalue weighted by Gasteiger charge is 2.33. The lowest BCUT2D eigenvalue weighted by atomic mass is 9.77. The monoisotopic (exact) mass is 197 g/mol. The molecule has 2 nitrogen and oxygen atoms in total. The molecule has 1 heterocycles. The topological polar surface area (TPSA) is 29.1 Å². The molecule has 0 amide bonds. The van der Waals surface area contributed by atoms with Gasteiger partial charge < -0.3 is 5.32 Å². The van der Waals surface area contributed by atoms with Crippen molar-refractivity contribution in [3.63, 3.8) is 0 Å². The fourth-order valence-corrected chi connectivity index (χ4v) is 2.13. The largest absolute Gasteiger partial charge is 0.316 e. The molecule has 1 unspecified atom stereocenters. The number of rotatable bonds is 5. The minimum absolute atomic E-state index is 0.0635. The van der Waals surface area contributed by atoms with Gasteiger partial charge in [0.05, 0.1) is 0 Å². The molecular weight excluding hydrogens is 174 g/mol. The van der Waals surface area contributed by atoms with Gasteiger partial charge in [-0.25, -0.2) is 0 Å². The molecule has 1 rings (SSSR count). The quantitative estimate of drug-likeness (QED) is 0.686. The van der Waals surface area contributed by atoms with Crippen molar-refractivity contribution >= 4 is 5.78 Å². The lowest BCUT2D eigenvalue weighted by molar-refractivity contribution is -0.128. The van der Waals surface area contributed by atoms with Crippen molar-refractivity contribution in [1.29, 1.82) is 0 Å². The Morgan fingerprint density at radius 1 is 1.43 bits per heavy atom. The molecule has 0 bridgehead atoms. The van der Waals surface area contributed by atoms with Gasteiger partial charge in [-0.3, -0.25) is 4.79 Å². The van der Waals surface area contributed by atoms with E-state index >= 15 is 0 Å². The summed E-state index contributed by atoms with van der Waals surface area (Å²) in [7, 11) is 0. The minimum atomic E-state index is -0.0635. The van der Waals surface area contributed by atoms with Crippen LogP contribution in [0.4, 0.5) is 0 Å². The Kier molecular flexibility index (Phi) is 4.59. The van der Waals surface area contributed by atoms with Crippen LogP contribution < -0.4 is 5.32 Å². The number of ketones is 1. The molecule has 14 heavy (non-hydrogen) atoms. The highest BCUT2D eigenvalue weighted by Crippen LogP contribution is 2.28. The number of carbonyl (C=O) groups is 1. The van der Waals surface area contributed by atoms with Crippen molar-refractivity contribution < 1.29 is 4.79 Å². The highest BCUT2D eigenvalue weighted by molar-refractivity contribution is 5.84. The van der Waals surface area contributed by atoms with E-state index in [2.05, 4.69) is 19.2 Å². The van der Waals surface area contributed by atoms with Crippen LogP contribution in [0.2, 0.25) is 0 Å². The second-order valence-corrected chi connectivity index (χ2v) is 4.72. The molecule has 0 aromatic carbocycles. The van der Waals surface area contributed by atoms with Crippen molar-refractivity contribution in [2.24, 2.45) is 5.41 Å². The van der Waals surface area contributed by atoms with Crippen LogP contribution in [-0.2, 0) is 4.79 Å². The average Bonchev–Trinajstić information content (AvgIpc) is 2.19. The summed E-state index contributed by atoms with van der Waals surface area (Å²) in [6, 6.07) is 0. The molecule has 1 aliphatic heterocycles. The maximum Gasteiger partial charge on any atom is 0.140 e. The Labute approximate surface area is 87.5 Å². The van der Waals surface area contributed by atoms with Gasteiger partial charge in [0.25, 0.3) is 0 Å². The first-order valence-corrected chi connectivity index (χ1v) is 5.93. The van der Waals surface area contributed by atoms with E-state index in [4.69, 9.17) is 0 Å². The molecule has 1 N–H and O–H groups in total. The second kappa shape index (κ2) is 5.50. The van der Waals surface area contributed by atoms with Crippen molar-refractivity contribution in [1.82, 2.24) is 5.32 Å². The van der Waals surface area contributed by atoms with Gasteiger partial charge in [-0.2, -0.15) is 0 Å². The zero-order chi connectivity index (χ0) is 10.4. The average molecular weight is 197 g/mol. The zero-order valence-corrected chi connectivity index (χ0v) is 9.57. The van der Waals surface area contributed by atoms with Gasteiger partial charge >= 0.3 is 0 Å². The third-order valence-corrected chi connectivity index (χ3v) is 3.28. The smallest absolute Gasteiger partial charge is 0.140 e. The Hall–Kier alpha value is -0.370. The first kappa shape index (κ1) is 11.7. The molecule has 0 aromatic heterocycles. The van der Waals surface area contributed by atoms with E-state index in [1.54, 1.807) is 0 Å². The molecular formula is C12H23NO. The Bertz CT molecular complexity index is 183. The standard InChI is InChI=1S/C12H23NO/c1-3-4-5-7-11(14)12(2)8-6-9-13-10-12/h13H,3-10H2,1-2H3. The van der Waals surface area contributed by atoms with Crippen LogP contribution in [0.5, 0.6) is 0 Å². The van der Waals surface area contributed by atoms with Gasteiger partial charge in [0.2, 0.25) is 0 Å². The van der Waals surface area contributed by atoms with Crippen LogP contribution in [0.1, 0.15) is 52.4 Å². The van der Waals surface area contributed by atoms with Crippen molar-refractivity contribution in [3.05, 3.63) is 0 Å². The summed E-state index contributed by atoms with van der Waals surface area (Å²) in [6.07, 6.45) is 6.47. The highest BCUT2D eigenvalue weighted by atomic mass is 16.1. The predicted molar refractivity (Wildman–Crippen MR) is 59.4 cm³/mol. The Morgan fingerprint density at radius 3 is 2.79 bits per heavy atom. The molecule has 1 fully saturated rings. The molecule has 1 atom stereocenters. The van der Waals surface area contributed by atoms with Gasteiger partial charge in [0.15, 0.2) is 0 Å². The lowest BCUT2D eigenvalue weighted by Gasteiger charge is -2.32. The van der Waals surface area contributed by atoms with Crippen molar-refractivity contribution in [3.8, 4) is 0 Å². The van der Waals surface area contributed by atoms with Gasteiger partial charge in [-0.1, -0.05) is 26.7 Å². The third kappa shape index (κ3) is 3.09. The summed E-state index contributed by atoms with van der Waals surface area (Å²) in [5, 5.41) is 3.33. The van der Waals surface area contributed by atoms with E-state index in [0.717, 1.165) is 38.8 Å². The first-order valence-electron chi connectivity index (χ1n) is 5.93. The summed E-state index contributed by atoms with van der Waals surface area (Å²) < 4.78 is 0. The van der Waals surface area contributed by atoms with Crippen LogP contribution >= 0.6 is 0 Å². The van der Waals surface area contributed by atoms with Crippen LogP contribution in [-0.4, -0.2) is 18.9 Å². The third-order valence-electron chi connectivity index (χ3n) is 3.28. The second-order valence-electron chi connectivity index (χ2n) is 4.72. The molecule has 1 saturated heterocycles. The number of nitrogens with one attached hydrogen (secondary N) is 1. The Balaban J connectivity index is 2.33. The van der Waals surface area contributed by atoms with Crippen LogP contribution in [0.3, 0.4) is 0 Å². The fraction of sp³-hybridized carbons (Fsp3) is 0.917. The Morgan fingerprint density at radius 2 is 2.21 bits per heavy atom. The number of carbonyl (C=O) groups excluding carboxylic acids is 1. The minimum Gasteiger partial charge on any atom is -0.316 e. The van der Waals surface area contributed by atoms with E-state index in [-0.39, 0.29) is 5.41 Å². The van der Waals surface area contributed by atoms with E-state index in [1.165, 1.54) is 12.8 Å². The molecule has 0 saturated carbocycles. The van der Waals surface area contributed by atoms with Gasteiger partial charge in [0.1, 0.15) is 5.78 Å². The summed E-state index contributed by atoms with van der Waals surface area (Å²) in [6.45, 7) is 6.26. The maximum atomic E-state index is 12.0. The molecule has 82 valence electrons. The van der Waals surface area contributed by atoms with E-state index in [9.17, 15) is 4.79 Å².